The number of carbonyl (C=O) groups is 1. The SMILES string of the molecule is Cn1nccc1C(=O)N1CCC2(CCc3ncc(-c4ccncc4)n3C2)CC1. The van der Waals surface area contributed by atoms with E-state index in [2.05, 4.69) is 19.6 Å². The smallest absolute Gasteiger partial charge is 0.272 e. The van der Waals surface area contributed by atoms with Crippen molar-refractivity contribution in [1.82, 2.24) is 29.2 Å². The minimum atomic E-state index is 0.0893. The van der Waals surface area contributed by atoms with Gasteiger partial charge in [-0.15, -0.1) is 0 Å². The highest BCUT2D eigenvalue weighted by Crippen LogP contribution is 2.42. The lowest BCUT2D eigenvalue weighted by molar-refractivity contribution is 0.0462. The van der Waals surface area contributed by atoms with E-state index in [-0.39, 0.29) is 11.3 Å². The van der Waals surface area contributed by atoms with Crippen LogP contribution in [0.1, 0.15) is 35.6 Å². The molecule has 3 aromatic heterocycles. The van der Waals surface area contributed by atoms with Gasteiger partial charge in [0.25, 0.3) is 5.91 Å². The zero-order valence-corrected chi connectivity index (χ0v) is 16.1. The number of carbonyl (C=O) groups excluding carboxylic acids is 1. The number of fused-ring (bicyclic) bond motifs is 1. The van der Waals surface area contributed by atoms with Crippen LogP contribution < -0.4 is 0 Å². The normalized spacial score (nSPS) is 18.2. The Labute approximate surface area is 164 Å². The van der Waals surface area contributed by atoms with Crippen LogP contribution in [0, 0.1) is 5.41 Å². The third kappa shape index (κ3) is 2.82. The maximum Gasteiger partial charge on any atom is 0.272 e. The number of aryl methyl sites for hydroxylation is 2. The maximum atomic E-state index is 12.8. The van der Waals surface area contributed by atoms with Crippen molar-refractivity contribution in [2.45, 2.75) is 32.2 Å². The Bertz CT molecular complexity index is 997. The van der Waals surface area contributed by atoms with Gasteiger partial charge in [-0.2, -0.15) is 5.10 Å². The van der Waals surface area contributed by atoms with E-state index in [0.717, 1.165) is 50.9 Å². The van der Waals surface area contributed by atoms with E-state index in [1.165, 1.54) is 11.5 Å². The molecule has 0 bridgehead atoms. The fourth-order valence-electron chi connectivity index (χ4n) is 4.67. The number of likely N-dealkylation sites (tertiary alicyclic amines) is 1. The molecule has 1 spiro atoms. The van der Waals surface area contributed by atoms with Crippen LogP contribution in [0.5, 0.6) is 0 Å². The van der Waals surface area contributed by atoms with Gasteiger partial charge < -0.3 is 9.47 Å². The quantitative estimate of drug-likeness (QED) is 0.689. The van der Waals surface area contributed by atoms with Gasteiger partial charge in [0.15, 0.2) is 0 Å². The van der Waals surface area contributed by atoms with E-state index in [4.69, 9.17) is 0 Å². The van der Waals surface area contributed by atoms with Crippen LogP contribution in [0.15, 0.2) is 43.0 Å². The Kier molecular flexibility index (Phi) is 4.03. The van der Waals surface area contributed by atoms with Crippen LogP contribution in [0.2, 0.25) is 0 Å². The first kappa shape index (κ1) is 17.2. The molecule has 7 nitrogen and oxygen atoms in total. The number of imidazole rings is 1. The molecule has 2 aliphatic rings. The van der Waals surface area contributed by atoms with Crippen molar-refractivity contribution >= 4 is 5.91 Å². The number of hydrogen-bond acceptors (Lipinski definition) is 4. The second-order valence-electron chi connectivity index (χ2n) is 8.01. The summed E-state index contributed by atoms with van der Waals surface area (Å²) >= 11 is 0. The Balaban J connectivity index is 1.34. The van der Waals surface area contributed by atoms with Crippen molar-refractivity contribution in [1.29, 1.82) is 0 Å². The van der Waals surface area contributed by atoms with Gasteiger partial charge in [0.1, 0.15) is 11.5 Å². The van der Waals surface area contributed by atoms with Gasteiger partial charge in [-0.3, -0.25) is 14.5 Å². The molecule has 2 aliphatic heterocycles. The number of hydrogen-bond donors (Lipinski definition) is 0. The average molecular weight is 376 g/mol. The van der Waals surface area contributed by atoms with Gasteiger partial charge in [0.05, 0.1) is 11.9 Å². The summed E-state index contributed by atoms with van der Waals surface area (Å²) in [5, 5.41) is 4.13. The monoisotopic (exact) mass is 376 g/mol. The summed E-state index contributed by atoms with van der Waals surface area (Å²) in [6, 6.07) is 5.88. The molecule has 0 saturated carbocycles. The molecule has 144 valence electrons. The number of aromatic nitrogens is 5. The zero-order valence-electron chi connectivity index (χ0n) is 16.1. The summed E-state index contributed by atoms with van der Waals surface area (Å²) in [6.45, 7) is 2.59. The molecule has 7 heteroatoms. The second kappa shape index (κ2) is 6.58. The summed E-state index contributed by atoms with van der Waals surface area (Å²) < 4.78 is 4.05. The van der Waals surface area contributed by atoms with Crippen molar-refractivity contribution in [3.05, 3.63) is 54.5 Å². The van der Waals surface area contributed by atoms with E-state index in [1.54, 1.807) is 16.9 Å². The number of amides is 1. The van der Waals surface area contributed by atoms with Crippen LogP contribution >= 0.6 is 0 Å². The molecule has 0 atom stereocenters. The fourth-order valence-corrected chi connectivity index (χ4v) is 4.67. The van der Waals surface area contributed by atoms with E-state index in [0.29, 0.717) is 5.69 Å². The molecule has 1 saturated heterocycles. The predicted molar refractivity (Wildman–Crippen MR) is 105 cm³/mol. The first-order valence-corrected chi connectivity index (χ1v) is 9.87. The summed E-state index contributed by atoms with van der Waals surface area (Å²) in [7, 11) is 1.82. The first-order chi connectivity index (χ1) is 13.7. The lowest BCUT2D eigenvalue weighted by Gasteiger charge is -2.44. The Morgan fingerprint density at radius 1 is 1.07 bits per heavy atom. The zero-order chi connectivity index (χ0) is 19.1. The van der Waals surface area contributed by atoms with Crippen LogP contribution in [0.25, 0.3) is 11.3 Å². The summed E-state index contributed by atoms with van der Waals surface area (Å²) in [5.41, 5.74) is 3.24. The molecule has 1 fully saturated rings. The molecular formula is C21H24N6O. The molecule has 0 aromatic carbocycles. The third-order valence-electron chi connectivity index (χ3n) is 6.44. The lowest BCUT2D eigenvalue weighted by atomic mass is 9.73. The molecule has 0 radical (unpaired) electrons. The molecule has 28 heavy (non-hydrogen) atoms. The molecule has 3 aromatic rings. The highest BCUT2D eigenvalue weighted by molar-refractivity contribution is 5.92. The second-order valence-corrected chi connectivity index (χ2v) is 8.01. The summed E-state index contributed by atoms with van der Waals surface area (Å²) in [4.78, 5) is 23.6. The molecule has 0 aliphatic carbocycles. The van der Waals surface area contributed by atoms with Gasteiger partial charge in [0.2, 0.25) is 0 Å². The molecule has 5 rings (SSSR count). The maximum absolute atomic E-state index is 12.8. The van der Waals surface area contributed by atoms with E-state index in [9.17, 15) is 4.79 Å². The molecule has 0 unspecified atom stereocenters. The van der Waals surface area contributed by atoms with Crippen LogP contribution in [-0.2, 0) is 20.0 Å². The van der Waals surface area contributed by atoms with Crippen LogP contribution in [0.3, 0.4) is 0 Å². The van der Waals surface area contributed by atoms with Crippen LogP contribution in [0.4, 0.5) is 0 Å². The average Bonchev–Trinajstić information content (AvgIpc) is 3.34. The highest BCUT2D eigenvalue weighted by atomic mass is 16.2. The third-order valence-corrected chi connectivity index (χ3v) is 6.44. The minimum absolute atomic E-state index is 0.0893. The number of piperidine rings is 1. The Morgan fingerprint density at radius 2 is 1.86 bits per heavy atom. The van der Waals surface area contributed by atoms with Crippen LogP contribution in [-0.4, -0.2) is 48.2 Å². The van der Waals surface area contributed by atoms with Gasteiger partial charge >= 0.3 is 0 Å². The number of nitrogens with zero attached hydrogens (tertiary/aromatic N) is 6. The Hall–Kier alpha value is -2.96. The molecular weight excluding hydrogens is 352 g/mol. The van der Waals surface area contributed by atoms with Crippen molar-refractivity contribution in [3.63, 3.8) is 0 Å². The van der Waals surface area contributed by atoms with Gasteiger partial charge in [-0.1, -0.05) is 0 Å². The van der Waals surface area contributed by atoms with E-state index >= 15 is 0 Å². The molecule has 1 amide bonds. The number of pyridine rings is 1. The summed E-state index contributed by atoms with van der Waals surface area (Å²) in [5.74, 6) is 1.26. The van der Waals surface area contributed by atoms with Gasteiger partial charge in [0, 0.05) is 57.3 Å². The highest BCUT2D eigenvalue weighted by Gasteiger charge is 2.40. The van der Waals surface area contributed by atoms with Crippen molar-refractivity contribution in [3.8, 4) is 11.3 Å². The lowest BCUT2D eigenvalue weighted by Crippen LogP contribution is -2.46. The molecule has 0 N–H and O–H groups in total. The van der Waals surface area contributed by atoms with E-state index in [1.807, 2.05) is 42.7 Å². The first-order valence-electron chi connectivity index (χ1n) is 9.87. The number of rotatable bonds is 2. The Morgan fingerprint density at radius 3 is 2.57 bits per heavy atom. The standard InChI is InChI=1S/C21H24N6O/c1-25-17(5-11-24-25)20(28)26-12-7-21(8-13-26)6-2-19-23-14-18(27(19)15-21)16-3-9-22-10-4-16/h3-5,9-11,14H,2,6-8,12-13,15H2,1H3. The van der Waals surface area contributed by atoms with Gasteiger partial charge in [-0.05, 0) is 42.9 Å². The predicted octanol–water partition coefficient (Wildman–Crippen LogP) is 2.55. The largest absolute Gasteiger partial charge is 0.337 e. The minimum Gasteiger partial charge on any atom is -0.337 e. The van der Waals surface area contributed by atoms with Crippen molar-refractivity contribution in [2.75, 3.05) is 13.1 Å². The van der Waals surface area contributed by atoms with E-state index < -0.39 is 0 Å². The summed E-state index contributed by atoms with van der Waals surface area (Å²) in [6.07, 6.45) is 11.5. The molecule has 5 heterocycles. The fraction of sp³-hybridized carbons (Fsp3) is 0.429. The van der Waals surface area contributed by atoms with Crippen molar-refractivity contribution in [2.24, 2.45) is 12.5 Å². The van der Waals surface area contributed by atoms with Gasteiger partial charge in [-0.25, -0.2) is 4.98 Å². The van der Waals surface area contributed by atoms with Crippen molar-refractivity contribution < 1.29 is 4.79 Å². The topological polar surface area (TPSA) is 68.8 Å².